The second-order valence-corrected chi connectivity index (χ2v) is 5.05. The predicted octanol–water partition coefficient (Wildman–Crippen LogP) is 1.98. The first kappa shape index (κ1) is 13.0. The standard InChI is InChI=1S/C14H18FNO2/c1-9-7-11(3-4-12(9)15)14(18)16-6-5-13(17)10(2)8-16/h3-4,7,10,13,17H,5-6,8H2,1-2H3. The van der Waals surface area contributed by atoms with Gasteiger partial charge in [-0.05, 0) is 43.0 Å². The van der Waals surface area contributed by atoms with Crippen LogP contribution in [0.3, 0.4) is 0 Å². The van der Waals surface area contributed by atoms with Gasteiger partial charge in [-0.2, -0.15) is 0 Å². The van der Waals surface area contributed by atoms with E-state index in [-0.39, 0.29) is 23.7 Å². The van der Waals surface area contributed by atoms with Gasteiger partial charge in [-0.3, -0.25) is 4.79 Å². The number of carbonyl (C=O) groups is 1. The molecule has 1 N–H and O–H groups in total. The number of nitrogens with zero attached hydrogens (tertiary/aromatic N) is 1. The Bertz CT molecular complexity index is 461. The molecule has 18 heavy (non-hydrogen) atoms. The van der Waals surface area contributed by atoms with Gasteiger partial charge >= 0.3 is 0 Å². The Hall–Kier alpha value is -1.42. The summed E-state index contributed by atoms with van der Waals surface area (Å²) in [5, 5.41) is 9.64. The number of piperidine rings is 1. The van der Waals surface area contributed by atoms with Crippen molar-refractivity contribution in [3.63, 3.8) is 0 Å². The molecular formula is C14H18FNO2. The largest absolute Gasteiger partial charge is 0.393 e. The second-order valence-electron chi connectivity index (χ2n) is 5.05. The molecule has 1 heterocycles. The van der Waals surface area contributed by atoms with Crippen LogP contribution >= 0.6 is 0 Å². The summed E-state index contributed by atoms with van der Waals surface area (Å²) >= 11 is 0. The molecule has 2 atom stereocenters. The van der Waals surface area contributed by atoms with Crippen molar-refractivity contribution in [3.8, 4) is 0 Å². The molecule has 1 aliphatic heterocycles. The van der Waals surface area contributed by atoms with Crippen LogP contribution in [0.1, 0.15) is 29.3 Å². The number of aliphatic hydroxyl groups is 1. The molecule has 2 rings (SSSR count). The van der Waals surface area contributed by atoms with Crippen LogP contribution < -0.4 is 0 Å². The van der Waals surface area contributed by atoms with Gasteiger partial charge in [0, 0.05) is 18.7 Å². The van der Waals surface area contributed by atoms with Gasteiger partial charge in [0.2, 0.25) is 0 Å². The van der Waals surface area contributed by atoms with Crippen molar-refractivity contribution in [2.24, 2.45) is 5.92 Å². The number of carbonyl (C=O) groups excluding carboxylic acids is 1. The van der Waals surface area contributed by atoms with E-state index in [2.05, 4.69) is 0 Å². The minimum Gasteiger partial charge on any atom is -0.393 e. The Kier molecular flexibility index (Phi) is 3.66. The Morgan fingerprint density at radius 3 is 2.83 bits per heavy atom. The Labute approximate surface area is 106 Å². The number of hydrogen-bond donors (Lipinski definition) is 1. The molecule has 98 valence electrons. The fourth-order valence-corrected chi connectivity index (χ4v) is 2.28. The summed E-state index contributed by atoms with van der Waals surface area (Å²) in [4.78, 5) is 14.0. The number of likely N-dealkylation sites (tertiary alicyclic amines) is 1. The maximum absolute atomic E-state index is 13.2. The van der Waals surface area contributed by atoms with Crippen molar-refractivity contribution in [1.29, 1.82) is 0 Å². The van der Waals surface area contributed by atoms with Crippen LogP contribution in [0.5, 0.6) is 0 Å². The van der Waals surface area contributed by atoms with Crippen molar-refractivity contribution in [3.05, 3.63) is 35.1 Å². The number of benzene rings is 1. The molecule has 3 nitrogen and oxygen atoms in total. The van der Waals surface area contributed by atoms with Crippen LogP contribution in [0, 0.1) is 18.7 Å². The van der Waals surface area contributed by atoms with E-state index >= 15 is 0 Å². The Morgan fingerprint density at radius 1 is 1.50 bits per heavy atom. The predicted molar refractivity (Wildman–Crippen MR) is 66.8 cm³/mol. The minimum absolute atomic E-state index is 0.0862. The third kappa shape index (κ3) is 2.53. The fourth-order valence-electron chi connectivity index (χ4n) is 2.28. The van der Waals surface area contributed by atoms with Gasteiger partial charge in [-0.1, -0.05) is 6.92 Å². The molecule has 2 unspecified atom stereocenters. The average molecular weight is 251 g/mol. The number of amides is 1. The summed E-state index contributed by atoms with van der Waals surface area (Å²) < 4.78 is 13.2. The Balaban J connectivity index is 2.14. The number of hydrogen-bond acceptors (Lipinski definition) is 2. The molecule has 0 aromatic heterocycles. The highest BCUT2D eigenvalue weighted by molar-refractivity contribution is 5.94. The fraction of sp³-hybridized carbons (Fsp3) is 0.500. The quantitative estimate of drug-likeness (QED) is 0.829. The maximum Gasteiger partial charge on any atom is 0.253 e. The van der Waals surface area contributed by atoms with E-state index in [4.69, 9.17) is 0 Å². The Morgan fingerprint density at radius 2 is 2.22 bits per heavy atom. The van der Waals surface area contributed by atoms with E-state index in [0.717, 1.165) is 0 Å². The van der Waals surface area contributed by atoms with Gasteiger partial charge in [0.15, 0.2) is 0 Å². The van der Waals surface area contributed by atoms with Crippen LogP contribution in [0.15, 0.2) is 18.2 Å². The van der Waals surface area contributed by atoms with Crippen LogP contribution in [-0.2, 0) is 0 Å². The van der Waals surface area contributed by atoms with Gasteiger partial charge in [-0.25, -0.2) is 4.39 Å². The molecular weight excluding hydrogens is 233 g/mol. The molecule has 1 fully saturated rings. The highest BCUT2D eigenvalue weighted by Crippen LogP contribution is 2.19. The minimum atomic E-state index is -0.330. The second kappa shape index (κ2) is 5.06. The van der Waals surface area contributed by atoms with E-state index in [1.165, 1.54) is 12.1 Å². The number of halogens is 1. The van der Waals surface area contributed by atoms with Crippen molar-refractivity contribution >= 4 is 5.91 Å². The van der Waals surface area contributed by atoms with E-state index in [0.29, 0.717) is 30.6 Å². The molecule has 0 spiro atoms. The lowest BCUT2D eigenvalue weighted by Crippen LogP contribution is -2.44. The first-order valence-corrected chi connectivity index (χ1v) is 6.22. The van der Waals surface area contributed by atoms with Gasteiger partial charge in [0.1, 0.15) is 5.82 Å². The van der Waals surface area contributed by atoms with Gasteiger partial charge < -0.3 is 10.0 Å². The molecule has 1 saturated heterocycles. The summed E-state index contributed by atoms with van der Waals surface area (Å²) in [6.45, 7) is 4.69. The molecule has 1 aromatic carbocycles. The normalized spacial score (nSPS) is 24.1. The van der Waals surface area contributed by atoms with Crippen LogP contribution in [0.2, 0.25) is 0 Å². The van der Waals surface area contributed by atoms with Crippen LogP contribution in [-0.4, -0.2) is 35.1 Å². The first-order chi connectivity index (χ1) is 8.49. The molecule has 0 bridgehead atoms. The molecule has 1 aromatic rings. The van der Waals surface area contributed by atoms with Gasteiger partial charge in [-0.15, -0.1) is 0 Å². The molecule has 4 heteroatoms. The van der Waals surface area contributed by atoms with Gasteiger partial charge in [0.05, 0.1) is 6.10 Å². The zero-order valence-electron chi connectivity index (χ0n) is 10.7. The lowest BCUT2D eigenvalue weighted by molar-refractivity contribution is 0.0297. The van der Waals surface area contributed by atoms with Gasteiger partial charge in [0.25, 0.3) is 5.91 Å². The van der Waals surface area contributed by atoms with Crippen molar-refractivity contribution < 1.29 is 14.3 Å². The highest BCUT2D eigenvalue weighted by atomic mass is 19.1. The zero-order chi connectivity index (χ0) is 13.3. The topological polar surface area (TPSA) is 40.5 Å². The molecule has 1 amide bonds. The molecule has 0 aliphatic carbocycles. The zero-order valence-corrected chi connectivity index (χ0v) is 10.7. The average Bonchev–Trinajstić information content (AvgIpc) is 2.35. The van der Waals surface area contributed by atoms with E-state index in [1.54, 1.807) is 17.9 Å². The number of aliphatic hydroxyl groups excluding tert-OH is 1. The summed E-state index contributed by atoms with van der Waals surface area (Å²) in [5.74, 6) is -0.296. The van der Waals surface area contributed by atoms with Crippen molar-refractivity contribution in [2.45, 2.75) is 26.4 Å². The lowest BCUT2D eigenvalue weighted by Gasteiger charge is -2.34. The van der Waals surface area contributed by atoms with Crippen molar-refractivity contribution in [2.75, 3.05) is 13.1 Å². The molecule has 0 saturated carbocycles. The SMILES string of the molecule is Cc1cc(C(=O)N2CCC(O)C(C)C2)ccc1F. The number of aryl methyl sites for hydroxylation is 1. The van der Waals surface area contributed by atoms with E-state index < -0.39 is 0 Å². The third-order valence-corrected chi connectivity index (χ3v) is 3.55. The molecule has 1 aliphatic rings. The van der Waals surface area contributed by atoms with Crippen molar-refractivity contribution in [1.82, 2.24) is 4.90 Å². The summed E-state index contributed by atoms with van der Waals surface area (Å²) in [7, 11) is 0. The summed E-state index contributed by atoms with van der Waals surface area (Å²) in [6.07, 6.45) is 0.275. The lowest BCUT2D eigenvalue weighted by atomic mass is 9.96. The maximum atomic E-state index is 13.2. The van der Waals surface area contributed by atoms with E-state index in [9.17, 15) is 14.3 Å². The highest BCUT2D eigenvalue weighted by Gasteiger charge is 2.27. The van der Waals surface area contributed by atoms with Crippen LogP contribution in [0.25, 0.3) is 0 Å². The van der Waals surface area contributed by atoms with E-state index in [1.807, 2.05) is 6.92 Å². The first-order valence-electron chi connectivity index (χ1n) is 6.22. The summed E-state index contributed by atoms with van der Waals surface area (Å²) in [6, 6.07) is 4.42. The summed E-state index contributed by atoms with van der Waals surface area (Å²) in [5.41, 5.74) is 0.989. The third-order valence-electron chi connectivity index (χ3n) is 3.55. The molecule has 0 radical (unpaired) electrons. The monoisotopic (exact) mass is 251 g/mol. The van der Waals surface area contributed by atoms with Crippen LogP contribution in [0.4, 0.5) is 4.39 Å². The smallest absolute Gasteiger partial charge is 0.253 e. The number of rotatable bonds is 1.